The van der Waals surface area contributed by atoms with Crippen LogP contribution in [0.4, 0.5) is 4.39 Å². The fourth-order valence-corrected chi connectivity index (χ4v) is 1.69. The Kier molecular flexibility index (Phi) is 2.26. The third-order valence-corrected chi connectivity index (χ3v) is 2.34. The molecule has 0 aliphatic rings. The highest BCUT2D eigenvalue weighted by atomic mass is 19.1. The van der Waals surface area contributed by atoms with Gasteiger partial charge in [0.25, 0.3) is 0 Å². The van der Waals surface area contributed by atoms with Gasteiger partial charge in [-0.15, -0.1) is 0 Å². The zero-order chi connectivity index (χ0) is 11.0. The minimum atomic E-state index is -0.335. The van der Waals surface area contributed by atoms with Gasteiger partial charge in [-0.3, -0.25) is 4.79 Å². The van der Waals surface area contributed by atoms with Gasteiger partial charge in [-0.2, -0.15) is 0 Å². The summed E-state index contributed by atoms with van der Waals surface area (Å²) in [5.74, 6) is -0.0510. The summed E-state index contributed by atoms with van der Waals surface area (Å²) >= 11 is 0. The van der Waals surface area contributed by atoms with Crippen molar-refractivity contribution in [3.8, 4) is 0 Å². The van der Waals surface area contributed by atoms with E-state index in [1.807, 2.05) is 6.92 Å². The number of benzene rings is 1. The molecule has 0 amide bonds. The molecule has 3 nitrogen and oxygen atoms in total. The molecule has 1 aromatic carbocycles. The molecule has 0 fully saturated rings. The molecule has 0 bridgehead atoms. The minimum Gasteiger partial charge on any atom is -0.322 e. The molecule has 0 saturated carbocycles. The molecule has 1 heterocycles. The average Bonchev–Trinajstić information content (AvgIpc) is 2.55. The van der Waals surface area contributed by atoms with Crippen molar-refractivity contribution < 1.29 is 9.18 Å². The van der Waals surface area contributed by atoms with E-state index in [0.29, 0.717) is 17.9 Å². The molecule has 0 atom stereocenters. The van der Waals surface area contributed by atoms with E-state index in [2.05, 4.69) is 4.98 Å². The Labute approximate surface area is 86.5 Å². The first kappa shape index (κ1) is 9.83. The molecule has 15 heavy (non-hydrogen) atoms. The van der Waals surface area contributed by atoms with Gasteiger partial charge in [-0.1, -0.05) is 0 Å². The first-order valence-corrected chi connectivity index (χ1v) is 4.80. The molecule has 2 aromatic rings. The number of carbonyl (C=O) groups excluding carboxylic acids is 1. The van der Waals surface area contributed by atoms with Gasteiger partial charge in [-0.25, -0.2) is 9.37 Å². The lowest BCUT2D eigenvalue weighted by atomic mass is 10.3. The van der Waals surface area contributed by atoms with Crippen LogP contribution in [0.15, 0.2) is 18.2 Å². The summed E-state index contributed by atoms with van der Waals surface area (Å²) in [4.78, 5) is 15.4. The SMILES string of the molecule is CCn1c(C(C)=O)nc2cc(F)ccc21. The predicted octanol–water partition coefficient (Wildman–Crippen LogP) is 2.40. The van der Waals surface area contributed by atoms with Crippen molar-refractivity contribution >= 4 is 16.8 Å². The number of aryl methyl sites for hydroxylation is 1. The van der Waals surface area contributed by atoms with Gasteiger partial charge >= 0.3 is 0 Å². The lowest BCUT2D eigenvalue weighted by Gasteiger charge is -2.01. The Morgan fingerprint density at radius 3 is 2.87 bits per heavy atom. The number of hydrogen-bond donors (Lipinski definition) is 0. The molecule has 0 unspecified atom stereocenters. The van der Waals surface area contributed by atoms with Crippen LogP contribution in [-0.4, -0.2) is 15.3 Å². The third kappa shape index (κ3) is 1.52. The number of fused-ring (bicyclic) bond motifs is 1. The molecule has 78 valence electrons. The first-order chi connectivity index (χ1) is 7.13. The van der Waals surface area contributed by atoms with Crippen LogP contribution in [-0.2, 0) is 6.54 Å². The Balaban J connectivity index is 2.78. The molecular weight excluding hydrogens is 195 g/mol. The fraction of sp³-hybridized carbons (Fsp3) is 0.273. The molecule has 2 rings (SSSR count). The van der Waals surface area contributed by atoms with Crippen molar-refractivity contribution in [2.24, 2.45) is 0 Å². The quantitative estimate of drug-likeness (QED) is 0.707. The smallest absolute Gasteiger partial charge is 0.195 e. The number of halogens is 1. The van der Waals surface area contributed by atoms with Crippen LogP contribution in [0.2, 0.25) is 0 Å². The second-order valence-electron chi connectivity index (χ2n) is 3.37. The van der Waals surface area contributed by atoms with Gasteiger partial charge in [0.15, 0.2) is 11.6 Å². The van der Waals surface area contributed by atoms with Gasteiger partial charge in [0, 0.05) is 19.5 Å². The molecule has 0 saturated heterocycles. The number of Topliss-reactive ketones (excluding diaryl/α,β-unsaturated/α-hetero) is 1. The zero-order valence-electron chi connectivity index (χ0n) is 8.62. The number of rotatable bonds is 2. The van der Waals surface area contributed by atoms with Crippen LogP contribution < -0.4 is 0 Å². The van der Waals surface area contributed by atoms with Gasteiger partial charge < -0.3 is 4.57 Å². The Hall–Kier alpha value is -1.71. The van der Waals surface area contributed by atoms with Gasteiger partial charge in [0.05, 0.1) is 11.0 Å². The monoisotopic (exact) mass is 206 g/mol. The number of hydrogen-bond acceptors (Lipinski definition) is 2. The summed E-state index contributed by atoms with van der Waals surface area (Å²) in [6.07, 6.45) is 0. The van der Waals surface area contributed by atoms with E-state index in [1.165, 1.54) is 19.1 Å². The average molecular weight is 206 g/mol. The molecule has 4 heteroatoms. The van der Waals surface area contributed by atoms with E-state index in [4.69, 9.17) is 0 Å². The van der Waals surface area contributed by atoms with Crippen LogP contribution in [0.25, 0.3) is 11.0 Å². The molecular formula is C11H11FN2O. The Bertz CT molecular complexity index is 531. The second-order valence-corrected chi connectivity index (χ2v) is 3.37. The minimum absolute atomic E-state index is 0.103. The maximum atomic E-state index is 12.9. The van der Waals surface area contributed by atoms with E-state index in [-0.39, 0.29) is 11.6 Å². The Morgan fingerprint density at radius 2 is 2.27 bits per heavy atom. The number of imidazole rings is 1. The number of carbonyl (C=O) groups is 1. The topological polar surface area (TPSA) is 34.9 Å². The standard InChI is InChI=1S/C11H11FN2O/c1-3-14-10-5-4-8(12)6-9(10)13-11(14)7(2)15/h4-6H,3H2,1-2H3. The number of nitrogens with zero attached hydrogens (tertiary/aromatic N) is 2. The summed E-state index contributed by atoms with van der Waals surface area (Å²) in [5, 5.41) is 0. The summed E-state index contributed by atoms with van der Waals surface area (Å²) in [5.41, 5.74) is 1.33. The van der Waals surface area contributed by atoms with Crippen LogP contribution >= 0.6 is 0 Å². The van der Waals surface area contributed by atoms with Crippen LogP contribution in [0.3, 0.4) is 0 Å². The zero-order valence-corrected chi connectivity index (χ0v) is 8.62. The summed E-state index contributed by atoms with van der Waals surface area (Å²) < 4.78 is 14.7. The first-order valence-electron chi connectivity index (χ1n) is 4.80. The van der Waals surface area contributed by atoms with E-state index < -0.39 is 0 Å². The van der Waals surface area contributed by atoms with Crippen molar-refractivity contribution in [2.45, 2.75) is 20.4 Å². The highest BCUT2D eigenvalue weighted by Crippen LogP contribution is 2.17. The largest absolute Gasteiger partial charge is 0.322 e. The van der Waals surface area contributed by atoms with E-state index in [0.717, 1.165) is 5.52 Å². The number of ketones is 1. The van der Waals surface area contributed by atoms with E-state index in [1.54, 1.807) is 10.6 Å². The molecule has 0 aliphatic carbocycles. The molecule has 0 aliphatic heterocycles. The second kappa shape index (κ2) is 3.46. The normalized spacial score (nSPS) is 10.9. The van der Waals surface area contributed by atoms with Crippen molar-refractivity contribution in [1.82, 2.24) is 9.55 Å². The molecule has 0 N–H and O–H groups in total. The molecule has 0 spiro atoms. The summed E-state index contributed by atoms with van der Waals surface area (Å²) in [6.45, 7) is 4.04. The van der Waals surface area contributed by atoms with E-state index in [9.17, 15) is 9.18 Å². The fourth-order valence-electron chi connectivity index (χ4n) is 1.69. The van der Waals surface area contributed by atoms with Crippen molar-refractivity contribution in [2.75, 3.05) is 0 Å². The van der Waals surface area contributed by atoms with Crippen LogP contribution in [0, 0.1) is 5.82 Å². The maximum Gasteiger partial charge on any atom is 0.195 e. The lowest BCUT2D eigenvalue weighted by Crippen LogP contribution is -2.05. The predicted molar refractivity (Wildman–Crippen MR) is 55.4 cm³/mol. The summed E-state index contributed by atoms with van der Waals surface area (Å²) in [7, 11) is 0. The Morgan fingerprint density at radius 1 is 1.53 bits per heavy atom. The van der Waals surface area contributed by atoms with Crippen molar-refractivity contribution in [1.29, 1.82) is 0 Å². The van der Waals surface area contributed by atoms with Gasteiger partial charge in [0.1, 0.15) is 5.82 Å². The van der Waals surface area contributed by atoms with Gasteiger partial charge in [0.2, 0.25) is 0 Å². The van der Waals surface area contributed by atoms with Crippen molar-refractivity contribution in [3.05, 3.63) is 29.8 Å². The van der Waals surface area contributed by atoms with E-state index >= 15 is 0 Å². The number of aromatic nitrogens is 2. The van der Waals surface area contributed by atoms with Crippen LogP contribution in [0.5, 0.6) is 0 Å². The molecule has 1 aromatic heterocycles. The van der Waals surface area contributed by atoms with Crippen molar-refractivity contribution in [3.63, 3.8) is 0 Å². The third-order valence-electron chi connectivity index (χ3n) is 2.34. The molecule has 0 radical (unpaired) electrons. The highest BCUT2D eigenvalue weighted by molar-refractivity contribution is 5.94. The van der Waals surface area contributed by atoms with Crippen LogP contribution in [0.1, 0.15) is 24.5 Å². The van der Waals surface area contributed by atoms with Gasteiger partial charge in [-0.05, 0) is 19.1 Å². The highest BCUT2D eigenvalue weighted by Gasteiger charge is 2.13. The maximum absolute atomic E-state index is 12.9. The lowest BCUT2D eigenvalue weighted by molar-refractivity contribution is 0.1000. The summed E-state index contributed by atoms with van der Waals surface area (Å²) in [6, 6.07) is 4.36.